The Morgan fingerprint density at radius 1 is 1.33 bits per heavy atom. The zero-order valence-electron chi connectivity index (χ0n) is 12.7. The van der Waals surface area contributed by atoms with Gasteiger partial charge < -0.3 is 21.1 Å². The molecule has 120 valence electrons. The van der Waals surface area contributed by atoms with Crippen LogP contribution in [-0.4, -0.2) is 47.0 Å². The summed E-state index contributed by atoms with van der Waals surface area (Å²) in [5.74, 6) is -1.28. The van der Waals surface area contributed by atoms with E-state index in [4.69, 9.17) is 10.8 Å². The van der Waals surface area contributed by atoms with Gasteiger partial charge in [-0.3, -0.25) is 9.59 Å². The van der Waals surface area contributed by atoms with E-state index in [2.05, 4.69) is 5.32 Å². The number of carbonyl (C=O) groups is 3. The number of carboxylic acids is 1. The van der Waals surface area contributed by atoms with Crippen molar-refractivity contribution < 1.29 is 19.5 Å². The van der Waals surface area contributed by atoms with Crippen molar-refractivity contribution in [2.45, 2.75) is 52.0 Å². The van der Waals surface area contributed by atoms with Gasteiger partial charge in [0.15, 0.2) is 0 Å². The van der Waals surface area contributed by atoms with E-state index in [1.165, 1.54) is 4.90 Å². The number of nitrogens with one attached hydrogen (secondary N) is 1. The molecule has 3 amide bonds. The molecule has 0 aromatic heterocycles. The van der Waals surface area contributed by atoms with Gasteiger partial charge in [0.05, 0.1) is 0 Å². The second-order valence-corrected chi connectivity index (χ2v) is 6.29. The van der Waals surface area contributed by atoms with Crippen molar-refractivity contribution in [2.24, 2.45) is 11.1 Å². The second kappa shape index (κ2) is 7.28. The standard InChI is InChI=1S/C14H25N3O4/c1-14(2,6-5-11(18)19)7-8-16-13(21)17-9-3-4-10(17)12(15)20/h10H,3-9H2,1-2H3,(H2,15,20)(H,16,21)(H,18,19). The van der Waals surface area contributed by atoms with Crippen LogP contribution >= 0.6 is 0 Å². The molecule has 1 unspecified atom stereocenters. The Bertz CT molecular complexity index is 409. The maximum Gasteiger partial charge on any atom is 0.318 e. The third-order valence-corrected chi connectivity index (χ3v) is 3.94. The maximum atomic E-state index is 12.0. The van der Waals surface area contributed by atoms with Crippen molar-refractivity contribution in [1.29, 1.82) is 0 Å². The van der Waals surface area contributed by atoms with E-state index in [0.717, 1.165) is 6.42 Å². The predicted molar refractivity (Wildman–Crippen MR) is 77.6 cm³/mol. The molecule has 1 aliphatic heterocycles. The SMILES string of the molecule is CC(C)(CCNC(=O)N1CCCC1C(N)=O)CCC(=O)O. The van der Waals surface area contributed by atoms with Crippen molar-refractivity contribution >= 4 is 17.9 Å². The molecule has 4 N–H and O–H groups in total. The lowest BCUT2D eigenvalue weighted by atomic mass is 9.84. The van der Waals surface area contributed by atoms with Crippen molar-refractivity contribution in [3.63, 3.8) is 0 Å². The topological polar surface area (TPSA) is 113 Å². The minimum absolute atomic E-state index is 0.122. The van der Waals surface area contributed by atoms with Crippen LogP contribution in [0.25, 0.3) is 0 Å². The number of aliphatic carboxylic acids is 1. The molecule has 0 aromatic carbocycles. The van der Waals surface area contributed by atoms with E-state index in [9.17, 15) is 14.4 Å². The molecule has 1 heterocycles. The second-order valence-electron chi connectivity index (χ2n) is 6.29. The van der Waals surface area contributed by atoms with Crippen molar-refractivity contribution in [3.05, 3.63) is 0 Å². The zero-order chi connectivity index (χ0) is 16.0. The van der Waals surface area contributed by atoms with Gasteiger partial charge in [-0.1, -0.05) is 13.8 Å². The highest BCUT2D eigenvalue weighted by Crippen LogP contribution is 2.26. The van der Waals surface area contributed by atoms with E-state index in [1.54, 1.807) is 0 Å². The molecule has 1 fully saturated rings. The van der Waals surface area contributed by atoms with Crippen molar-refractivity contribution in [2.75, 3.05) is 13.1 Å². The van der Waals surface area contributed by atoms with Crippen molar-refractivity contribution in [3.8, 4) is 0 Å². The fraction of sp³-hybridized carbons (Fsp3) is 0.786. The average molecular weight is 299 g/mol. The number of rotatable bonds is 7. The number of likely N-dealkylation sites (tertiary alicyclic amines) is 1. The Kier molecular flexibility index (Phi) is 5.99. The number of amides is 3. The summed E-state index contributed by atoms with van der Waals surface area (Å²) < 4.78 is 0. The summed E-state index contributed by atoms with van der Waals surface area (Å²) in [6, 6.07) is -0.782. The zero-order valence-corrected chi connectivity index (χ0v) is 12.7. The number of urea groups is 1. The van der Waals surface area contributed by atoms with Gasteiger partial charge in [-0.05, 0) is 31.1 Å². The van der Waals surface area contributed by atoms with Crippen LogP contribution in [0.5, 0.6) is 0 Å². The van der Waals surface area contributed by atoms with Crippen LogP contribution in [0.2, 0.25) is 0 Å². The summed E-state index contributed by atoms with van der Waals surface area (Å²) in [7, 11) is 0. The van der Waals surface area contributed by atoms with Crippen LogP contribution < -0.4 is 11.1 Å². The summed E-state index contributed by atoms with van der Waals surface area (Å²) >= 11 is 0. The van der Waals surface area contributed by atoms with Gasteiger partial charge >= 0.3 is 12.0 Å². The molecule has 1 rings (SSSR count). The summed E-state index contributed by atoms with van der Waals surface area (Å²) in [6.07, 6.45) is 2.77. The molecular weight excluding hydrogens is 274 g/mol. The van der Waals surface area contributed by atoms with Gasteiger partial charge in [-0.25, -0.2) is 4.79 Å². The first-order valence-corrected chi connectivity index (χ1v) is 7.28. The molecule has 0 aromatic rings. The molecule has 7 heteroatoms. The molecule has 0 saturated carbocycles. The van der Waals surface area contributed by atoms with E-state index in [0.29, 0.717) is 32.4 Å². The summed E-state index contributed by atoms with van der Waals surface area (Å²) in [6.45, 7) is 4.95. The number of hydrogen-bond donors (Lipinski definition) is 3. The summed E-state index contributed by atoms with van der Waals surface area (Å²) in [5.41, 5.74) is 5.12. The van der Waals surface area contributed by atoms with E-state index >= 15 is 0 Å². The molecule has 21 heavy (non-hydrogen) atoms. The number of carboxylic acid groups (broad SMARTS) is 1. The number of nitrogens with zero attached hydrogens (tertiary/aromatic N) is 1. The molecule has 1 aliphatic rings. The highest BCUT2D eigenvalue weighted by atomic mass is 16.4. The molecule has 0 spiro atoms. The number of carbonyl (C=O) groups excluding carboxylic acids is 2. The lowest BCUT2D eigenvalue weighted by Crippen LogP contribution is -2.48. The van der Waals surface area contributed by atoms with E-state index < -0.39 is 17.9 Å². The molecule has 0 aliphatic carbocycles. The first-order chi connectivity index (χ1) is 9.73. The van der Waals surface area contributed by atoms with Crippen LogP contribution in [0.1, 0.15) is 46.0 Å². The quantitative estimate of drug-likeness (QED) is 0.649. The van der Waals surface area contributed by atoms with Gasteiger partial charge in [0.2, 0.25) is 5.91 Å². The largest absolute Gasteiger partial charge is 0.481 e. The minimum atomic E-state index is -0.812. The molecule has 1 saturated heterocycles. The van der Waals surface area contributed by atoms with Crippen molar-refractivity contribution in [1.82, 2.24) is 10.2 Å². The highest BCUT2D eigenvalue weighted by Gasteiger charge is 2.32. The van der Waals surface area contributed by atoms with Crippen LogP contribution in [0, 0.1) is 5.41 Å². The summed E-state index contributed by atoms with van der Waals surface area (Å²) in [5, 5.41) is 11.5. The van der Waals surface area contributed by atoms with Gasteiger partial charge in [0.25, 0.3) is 0 Å². The molecule has 1 atom stereocenters. The van der Waals surface area contributed by atoms with Crippen LogP contribution in [0.4, 0.5) is 4.79 Å². The Hall–Kier alpha value is -1.79. The molecule has 7 nitrogen and oxygen atoms in total. The van der Waals surface area contributed by atoms with Crippen LogP contribution in [-0.2, 0) is 9.59 Å². The smallest absolute Gasteiger partial charge is 0.318 e. The Labute approximate surface area is 124 Å². The molecule has 0 radical (unpaired) electrons. The maximum absolute atomic E-state index is 12.0. The Morgan fingerprint density at radius 3 is 2.57 bits per heavy atom. The first-order valence-electron chi connectivity index (χ1n) is 7.28. The van der Waals surface area contributed by atoms with Gasteiger partial charge in [-0.15, -0.1) is 0 Å². The van der Waals surface area contributed by atoms with E-state index in [-0.39, 0.29) is 17.9 Å². The van der Waals surface area contributed by atoms with Gasteiger partial charge in [0, 0.05) is 19.5 Å². The highest BCUT2D eigenvalue weighted by molar-refractivity contribution is 5.86. The average Bonchev–Trinajstić information content (AvgIpc) is 2.85. The third kappa shape index (κ3) is 5.61. The normalized spacial score (nSPS) is 18.6. The molecule has 0 bridgehead atoms. The number of hydrogen-bond acceptors (Lipinski definition) is 3. The third-order valence-electron chi connectivity index (χ3n) is 3.94. The number of nitrogens with two attached hydrogens (primary N) is 1. The van der Waals surface area contributed by atoms with E-state index in [1.807, 2.05) is 13.8 Å². The van der Waals surface area contributed by atoms with Gasteiger partial charge in [0.1, 0.15) is 6.04 Å². The Morgan fingerprint density at radius 2 is 2.00 bits per heavy atom. The lowest BCUT2D eigenvalue weighted by molar-refractivity contribution is -0.137. The Balaban J connectivity index is 2.36. The number of primary amides is 1. The minimum Gasteiger partial charge on any atom is -0.481 e. The molecular formula is C14H25N3O4. The lowest BCUT2D eigenvalue weighted by Gasteiger charge is -2.26. The van der Waals surface area contributed by atoms with Crippen LogP contribution in [0.15, 0.2) is 0 Å². The van der Waals surface area contributed by atoms with Crippen LogP contribution in [0.3, 0.4) is 0 Å². The fourth-order valence-corrected chi connectivity index (χ4v) is 2.49. The predicted octanol–water partition coefficient (Wildman–Crippen LogP) is 0.927. The summed E-state index contributed by atoms with van der Waals surface area (Å²) in [4.78, 5) is 35.3. The monoisotopic (exact) mass is 299 g/mol. The van der Waals surface area contributed by atoms with Gasteiger partial charge in [-0.2, -0.15) is 0 Å². The fourth-order valence-electron chi connectivity index (χ4n) is 2.49. The first kappa shape index (κ1) is 17.3.